The van der Waals surface area contributed by atoms with E-state index in [4.69, 9.17) is 5.11 Å². The van der Waals surface area contributed by atoms with Gasteiger partial charge in [0.1, 0.15) is 10.8 Å². The Morgan fingerprint density at radius 3 is 2.38 bits per heavy atom. The van der Waals surface area contributed by atoms with Crippen LogP contribution in [0.3, 0.4) is 0 Å². The molecule has 3 aromatic rings. The van der Waals surface area contributed by atoms with Gasteiger partial charge in [0.05, 0.1) is 27.5 Å². The smallest absolute Gasteiger partial charge is 0.335 e. The molecule has 0 atom stereocenters. The average Bonchev–Trinajstić information content (AvgIpc) is 3.02. The zero-order valence-electron chi connectivity index (χ0n) is 14.2. The van der Waals surface area contributed by atoms with Crippen LogP contribution in [0.5, 0.6) is 5.75 Å². The second kappa shape index (κ2) is 7.37. The van der Waals surface area contributed by atoms with Gasteiger partial charge in [-0.15, -0.1) is 11.3 Å². The van der Waals surface area contributed by atoms with Gasteiger partial charge in [0, 0.05) is 5.56 Å². The van der Waals surface area contributed by atoms with E-state index < -0.39 is 5.97 Å². The van der Waals surface area contributed by atoms with Crippen LogP contribution in [0.15, 0.2) is 53.6 Å². The molecule has 0 saturated heterocycles. The number of rotatable bonds is 5. The molecular weight excluding hydrogens is 350 g/mol. The van der Waals surface area contributed by atoms with Crippen molar-refractivity contribution in [1.82, 2.24) is 4.98 Å². The molecule has 7 heteroatoms. The Kier molecular flexibility index (Phi) is 4.99. The number of aromatic nitrogens is 1. The zero-order valence-corrected chi connectivity index (χ0v) is 15.0. The van der Waals surface area contributed by atoms with Crippen LogP contribution < -0.4 is 5.43 Å². The molecule has 0 radical (unpaired) electrons. The van der Waals surface area contributed by atoms with Gasteiger partial charge in [0.2, 0.25) is 0 Å². The number of hydrazone groups is 1. The third-order valence-corrected chi connectivity index (χ3v) is 5.04. The van der Waals surface area contributed by atoms with Gasteiger partial charge in [-0.3, -0.25) is 5.43 Å². The first-order valence-corrected chi connectivity index (χ1v) is 8.66. The van der Waals surface area contributed by atoms with E-state index in [9.17, 15) is 9.90 Å². The summed E-state index contributed by atoms with van der Waals surface area (Å²) in [4.78, 5) is 16.4. The molecule has 1 aromatic heterocycles. The van der Waals surface area contributed by atoms with Crippen molar-refractivity contribution in [3.63, 3.8) is 0 Å². The van der Waals surface area contributed by atoms with Gasteiger partial charge in [0.25, 0.3) is 0 Å². The summed E-state index contributed by atoms with van der Waals surface area (Å²) in [7, 11) is 0. The number of nitrogens with zero attached hydrogens (tertiary/aromatic N) is 2. The van der Waals surface area contributed by atoms with E-state index in [1.165, 1.54) is 23.5 Å². The first-order valence-electron chi connectivity index (χ1n) is 7.85. The molecule has 0 aliphatic heterocycles. The highest BCUT2D eigenvalue weighted by Gasteiger charge is 2.12. The van der Waals surface area contributed by atoms with Crippen molar-refractivity contribution in [2.75, 3.05) is 5.43 Å². The highest BCUT2D eigenvalue weighted by molar-refractivity contribution is 7.17. The third-order valence-electron chi connectivity index (χ3n) is 3.72. The van der Waals surface area contributed by atoms with Crippen LogP contribution in [0.25, 0.3) is 10.6 Å². The number of aromatic carboxylic acids is 1. The molecule has 0 fully saturated rings. The summed E-state index contributed by atoms with van der Waals surface area (Å²) >= 11 is 1.53. The number of anilines is 1. The number of phenolic OH excluding ortho intramolecular Hbond substituents is 1. The lowest BCUT2D eigenvalue weighted by Gasteiger charge is -2.03. The SMILES string of the molecule is C/C(=N\Nc1ccc(C(=O)O)cc1)c1sc(-c2ccc(O)cc2)nc1C. The van der Waals surface area contributed by atoms with E-state index in [-0.39, 0.29) is 11.3 Å². The number of hydrogen-bond acceptors (Lipinski definition) is 6. The predicted octanol–water partition coefficient (Wildman–Crippen LogP) is 4.36. The van der Waals surface area contributed by atoms with Crippen molar-refractivity contribution in [1.29, 1.82) is 0 Å². The molecular formula is C19H17N3O3S. The number of hydrogen-bond donors (Lipinski definition) is 3. The van der Waals surface area contributed by atoms with E-state index in [1.807, 2.05) is 26.0 Å². The molecule has 0 spiro atoms. The van der Waals surface area contributed by atoms with E-state index in [1.54, 1.807) is 24.3 Å². The van der Waals surface area contributed by atoms with Gasteiger partial charge < -0.3 is 10.2 Å². The first-order chi connectivity index (χ1) is 12.4. The van der Waals surface area contributed by atoms with Gasteiger partial charge in [-0.25, -0.2) is 9.78 Å². The average molecular weight is 367 g/mol. The summed E-state index contributed by atoms with van der Waals surface area (Å²) in [6.45, 7) is 3.82. The number of carbonyl (C=O) groups is 1. The molecule has 3 N–H and O–H groups in total. The minimum atomic E-state index is -0.960. The lowest BCUT2D eigenvalue weighted by molar-refractivity contribution is 0.0697. The summed E-state index contributed by atoms with van der Waals surface area (Å²) < 4.78 is 0. The number of benzene rings is 2. The normalized spacial score (nSPS) is 11.4. The molecule has 0 aliphatic carbocycles. The molecule has 2 aromatic carbocycles. The van der Waals surface area contributed by atoms with Crippen LogP contribution in [-0.2, 0) is 0 Å². The van der Waals surface area contributed by atoms with Gasteiger partial charge >= 0.3 is 5.97 Å². The third kappa shape index (κ3) is 3.89. The maximum absolute atomic E-state index is 10.9. The van der Waals surface area contributed by atoms with Crippen molar-refractivity contribution >= 4 is 28.7 Å². The molecule has 0 aliphatic rings. The van der Waals surface area contributed by atoms with Crippen molar-refractivity contribution in [2.45, 2.75) is 13.8 Å². The quantitative estimate of drug-likeness (QED) is 0.460. The number of phenols is 1. The van der Waals surface area contributed by atoms with Crippen LogP contribution in [0.4, 0.5) is 5.69 Å². The Balaban J connectivity index is 1.78. The van der Waals surface area contributed by atoms with Gasteiger partial charge in [-0.05, 0) is 62.4 Å². The Bertz CT molecular complexity index is 961. The summed E-state index contributed by atoms with van der Waals surface area (Å²) in [5, 5.41) is 23.5. The summed E-state index contributed by atoms with van der Waals surface area (Å²) in [5.41, 5.74) is 6.47. The summed E-state index contributed by atoms with van der Waals surface area (Å²) in [5.74, 6) is -0.739. The minimum Gasteiger partial charge on any atom is -0.508 e. The lowest BCUT2D eigenvalue weighted by Crippen LogP contribution is -2.00. The monoisotopic (exact) mass is 367 g/mol. The van der Waals surface area contributed by atoms with Crippen LogP contribution in [-0.4, -0.2) is 26.9 Å². The summed E-state index contributed by atoms with van der Waals surface area (Å²) in [6, 6.07) is 13.3. The second-order valence-electron chi connectivity index (χ2n) is 5.67. The second-order valence-corrected chi connectivity index (χ2v) is 6.67. The molecule has 3 rings (SSSR count). The maximum Gasteiger partial charge on any atom is 0.335 e. The number of carboxylic acid groups (broad SMARTS) is 1. The Hall–Kier alpha value is -3.19. The van der Waals surface area contributed by atoms with Crippen LogP contribution in [0.2, 0.25) is 0 Å². The Morgan fingerprint density at radius 2 is 1.77 bits per heavy atom. The topological polar surface area (TPSA) is 94.8 Å². The molecule has 0 saturated carbocycles. The minimum absolute atomic E-state index is 0.220. The van der Waals surface area contributed by atoms with E-state index in [0.717, 1.165) is 26.9 Å². The van der Waals surface area contributed by atoms with E-state index in [0.29, 0.717) is 5.69 Å². The number of aromatic hydroxyl groups is 1. The number of carboxylic acids is 1. The summed E-state index contributed by atoms with van der Waals surface area (Å²) in [6.07, 6.45) is 0. The molecule has 0 amide bonds. The van der Waals surface area contributed by atoms with Crippen LogP contribution in [0.1, 0.15) is 27.9 Å². The number of nitrogens with one attached hydrogen (secondary N) is 1. The Labute approximate surface area is 154 Å². The molecule has 1 heterocycles. The van der Waals surface area contributed by atoms with Crippen LogP contribution in [0, 0.1) is 6.92 Å². The molecule has 0 bridgehead atoms. The largest absolute Gasteiger partial charge is 0.508 e. The van der Waals surface area contributed by atoms with E-state index >= 15 is 0 Å². The van der Waals surface area contributed by atoms with Gasteiger partial charge in [-0.1, -0.05) is 0 Å². The van der Waals surface area contributed by atoms with E-state index in [2.05, 4.69) is 15.5 Å². The molecule has 26 heavy (non-hydrogen) atoms. The highest BCUT2D eigenvalue weighted by Crippen LogP contribution is 2.29. The maximum atomic E-state index is 10.9. The molecule has 132 valence electrons. The van der Waals surface area contributed by atoms with Gasteiger partial charge in [0.15, 0.2) is 0 Å². The first kappa shape index (κ1) is 17.6. The standard InChI is InChI=1S/C19H17N3O3S/c1-11-17(26-18(20-11)13-5-9-16(23)10-6-13)12(2)21-22-15-7-3-14(4-8-15)19(24)25/h3-10,22-23H,1-2H3,(H,24,25)/b21-12+. The highest BCUT2D eigenvalue weighted by atomic mass is 32.1. The van der Waals surface area contributed by atoms with Crippen LogP contribution >= 0.6 is 11.3 Å². The van der Waals surface area contributed by atoms with Crippen molar-refractivity contribution in [3.8, 4) is 16.3 Å². The van der Waals surface area contributed by atoms with Crippen molar-refractivity contribution < 1.29 is 15.0 Å². The Morgan fingerprint density at radius 1 is 1.12 bits per heavy atom. The fourth-order valence-electron chi connectivity index (χ4n) is 2.35. The predicted molar refractivity (Wildman–Crippen MR) is 103 cm³/mol. The molecule has 0 unspecified atom stereocenters. The van der Waals surface area contributed by atoms with Crippen molar-refractivity contribution in [2.24, 2.45) is 5.10 Å². The number of thiazole rings is 1. The fourth-order valence-corrected chi connectivity index (χ4v) is 3.36. The number of aryl methyl sites for hydroxylation is 1. The fraction of sp³-hybridized carbons (Fsp3) is 0.105. The van der Waals surface area contributed by atoms with Crippen molar-refractivity contribution in [3.05, 3.63) is 64.7 Å². The lowest BCUT2D eigenvalue weighted by atomic mass is 10.2. The molecule has 6 nitrogen and oxygen atoms in total. The van der Waals surface area contributed by atoms with Gasteiger partial charge in [-0.2, -0.15) is 5.10 Å². The zero-order chi connectivity index (χ0) is 18.7.